The van der Waals surface area contributed by atoms with Crippen molar-refractivity contribution in [2.45, 2.75) is 38.5 Å². The maximum absolute atomic E-state index is 12.9. The SMILES string of the molecule is CCC1(C(=O)N2CC(C(=O)O)C(c3ccccc3)C2)CCC1. The number of carbonyl (C=O) groups excluding carboxylic acids is 1. The molecule has 3 rings (SSSR count). The lowest BCUT2D eigenvalue weighted by atomic mass is 9.66. The Bertz CT molecular complexity index is 559. The van der Waals surface area contributed by atoms with Crippen molar-refractivity contribution in [1.29, 1.82) is 0 Å². The number of nitrogens with zero attached hydrogens (tertiary/aromatic N) is 1. The third-order valence-electron chi connectivity index (χ3n) is 5.59. The van der Waals surface area contributed by atoms with Gasteiger partial charge in [0.05, 0.1) is 5.92 Å². The predicted octanol–water partition coefficient (Wildman–Crippen LogP) is 2.89. The van der Waals surface area contributed by atoms with Gasteiger partial charge in [0.1, 0.15) is 0 Å². The Balaban J connectivity index is 1.82. The van der Waals surface area contributed by atoms with Crippen molar-refractivity contribution >= 4 is 11.9 Å². The maximum atomic E-state index is 12.9. The topological polar surface area (TPSA) is 57.6 Å². The number of benzene rings is 1. The standard InChI is InChI=1S/C18H23NO3/c1-2-18(9-6-10-18)17(22)19-11-14(15(12-19)16(20)21)13-7-4-3-5-8-13/h3-5,7-8,14-15H,2,6,9-12H2,1H3,(H,20,21). The zero-order valence-electron chi connectivity index (χ0n) is 13.0. The second-order valence-electron chi connectivity index (χ2n) is 6.66. The second-order valence-corrected chi connectivity index (χ2v) is 6.66. The van der Waals surface area contributed by atoms with Gasteiger partial charge in [-0.3, -0.25) is 9.59 Å². The van der Waals surface area contributed by atoms with Crippen molar-refractivity contribution < 1.29 is 14.7 Å². The van der Waals surface area contributed by atoms with Gasteiger partial charge in [-0.05, 0) is 24.8 Å². The van der Waals surface area contributed by atoms with Crippen molar-refractivity contribution in [1.82, 2.24) is 4.90 Å². The van der Waals surface area contributed by atoms with Gasteiger partial charge in [-0.2, -0.15) is 0 Å². The van der Waals surface area contributed by atoms with Crippen LogP contribution in [0.15, 0.2) is 30.3 Å². The van der Waals surface area contributed by atoms with Crippen LogP contribution in [0.25, 0.3) is 0 Å². The molecule has 1 aromatic rings. The summed E-state index contributed by atoms with van der Waals surface area (Å²) in [5.41, 5.74) is 0.804. The number of hydrogen-bond donors (Lipinski definition) is 1. The van der Waals surface area contributed by atoms with Gasteiger partial charge in [-0.25, -0.2) is 0 Å². The Morgan fingerprint density at radius 1 is 1.23 bits per heavy atom. The van der Waals surface area contributed by atoms with E-state index in [9.17, 15) is 14.7 Å². The predicted molar refractivity (Wildman–Crippen MR) is 83.5 cm³/mol. The number of rotatable bonds is 4. The molecule has 2 fully saturated rings. The van der Waals surface area contributed by atoms with Crippen LogP contribution in [0.3, 0.4) is 0 Å². The number of amides is 1. The summed E-state index contributed by atoms with van der Waals surface area (Å²) in [6.45, 7) is 2.94. The molecule has 4 heteroatoms. The molecule has 0 bridgehead atoms. The summed E-state index contributed by atoms with van der Waals surface area (Å²) >= 11 is 0. The van der Waals surface area contributed by atoms with Gasteiger partial charge in [0.15, 0.2) is 0 Å². The first-order valence-corrected chi connectivity index (χ1v) is 8.14. The van der Waals surface area contributed by atoms with Crippen LogP contribution in [-0.4, -0.2) is 35.0 Å². The molecule has 1 saturated carbocycles. The molecule has 1 aliphatic carbocycles. The number of carboxylic acid groups (broad SMARTS) is 1. The molecule has 1 aromatic carbocycles. The lowest BCUT2D eigenvalue weighted by Gasteiger charge is -2.42. The highest BCUT2D eigenvalue weighted by atomic mass is 16.4. The highest BCUT2D eigenvalue weighted by Crippen LogP contribution is 2.47. The maximum Gasteiger partial charge on any atom is 0.308 e. The normalized spacial score (nSPS) is 26.5. The summed E-state index contributed by atoms with van der Waals surface area (Å²) in [6, 6.07) is 9.72. The number of carboxylic acids is 1. The van der Waals surface area contributed by atoms with E-state index in [0.29, 0.717) is 13.1 Å². The Kier molecular flexibility index (Phi) is 3.94. The Morgan fingerprint density at radius 2 is 1.91 bits per heavy atom. The van der Waals surface area contributed by atoms with Crippen LogP contribution in [0, 0.1) is 11.3 Å². The van der Waals surface area contributed by atoms with E-state index in [-0.39, 0.29) is 17.2 Å². The highest BCUT2D eigenvalue weighted by Gasteiger charge is 2.49. The molecular formula is C18H23NO3. The first-order chi connectivity index (χ1) is 10.6. The molecule has 1 saturated heterocycles. The monoisotopic (exact) mass is 301 g/mol. The highest BCUT2D eigenvalue weighted by molar-refractivity contribution is 5.85. The quantitative estimate of drug-likeness (QED) is 0.930. The molecule has 0 aromatic heterocycles. The van der Waals surface area contributed by atoms with Gasteiger partial charge in [0, 0.05) is 24.4 Å². The molecule has 22 heavy (non-hydrogen) atoms. The Labute approximate surface area is 131 Å². The number of carbonyl (C=O) groups is 2. The van der Waals surface area contributed by atoms with E-state index in [1.807, 2.05) is 30.3 Å². The third-order valence-corrected chi connectivity index (χ3v) is 5.59. The van der Waals surface area contributed by atoms with Crippen molar-refractivity contribution in [2.75, 3.05) is 13.1 Å². The van der Waals surface area contributed by atoms with Crippen molar-refractivity contribution in [2.24, 2.45) is 11.3 Å². The molecule has 0 spiro atoms. The molecule has 1 amide bonds. The van der Waals surface area contributed by atoms with Gasteiger partial charge in [0.25, 0.3) is 0 Å². The van der Waals surface area contributed by atoms with Crippen LogP contribution in [0.1, 0.15) is 44.1 Å². The summed E-state index contributed by atoms with van der Waals surface area (Å²) < 4.78 is 0. The van der Waals surface area contributed by atoms with Crippen LogP contribution in [0.2, 0.25) is 0 Å². The molecular weight excluding hydrogens is 278 g/mol. The van der Waals surface area contributed by atoms with Crippen molar-refractivity contribution in [3.63, 3.8) is 0 Å². The summed E-state index contributed by atoms with van der Waals surface area (Å²) in [4.78, 5) is 26.3. The van der Waals surface area contributed by atoms with E-state index >= 15 is 0 Å². The van der Waals surface area contributed by atoms with E-state index in [1.54, 1.807) is 4.90 Å². The molecule has 4 nitrogen and oxygen atoms in total. The number of hydrogen-bond acceptors (Lipinski definition) is 2. The zero-order valence-corrected chi connectivity index (χ0v) is 13.0. The van der Waals surface area contributed by atoms with Crippen LogP contribution in [0.5, 0.6) is 0 Å². The lowest BCUT2D eigenvalue weighted by Crippen LogP contribution is -2.47. The Morgan fingerprint density at radius 3 is 2.41 bits per heavy atom. The Hall–Kier alpha value is -1.84. The fourth-order valence-electron chi connectivity index (χ4n) is 3.92. The van der Waals surface area contributed by atoms with Gasteiger partial charge in [-0.15, -0.1) is 0 Å². The van der Waals surface area contributed by atoms with E-state index in [1.165, 1.54) is 0 Å². The van der Waals surface area contributed by atoms with Crippen LogP contribution >= 0.6 is 0 Å². The third kappa shape index (κ3) is 2.40. The van der Waals surface area contributed by atoms with Crippen molar-refractivity contribution in [3.05, 3.63) is 35.9 Å². The van der Waals surface area contributed by atoms with E-state index in [2.05, 4.69) is 6.92 Å². The summed E-state index contributed by atoms with van der Waals surface area (Å²) in [5, 5.41) is 9.54. The number of aliphatic carboxylic acids is 1. The molecule has 2 aliphatic rings. The summed E-state index contributed by atoms with van der Waals surface area (Å²) in [6.07, 6.45) is 3.87. The lowest BCUT2D eigenvalue weighted by molar-refractivity contribution is -0.147. The summed E-state index contributed by atoms with van der Waals surface area (Å²) in [7, 11) is 0. The molecule has 2 unspecified atom stereocenters. The van der Waals surface area contributed by atoms with Gasteiger partial charge in [-0.1, -0.05) is 43.7 Å². The molecule has 1 heterocycles. The first-order valence-electron chi connectivity index (χ1n) is 8.14. The van der Waals surface area contributed by atoms with Crippen LogP contribution in [-0.2, 0) is 9.59 Å². The molecule has 0 radical (unpaired) electrons. The van der Waals surface area contributed by atoms with Crippen LogP contribution < -0.4 is 0 Å². The van der Waals surface area contributed by atoms with E-state index in [0.717, 1.165) is 31.2 Å². The van der Waals surface area contributed by atoms with Gasteiger partial charge in [0.2, 0.25) is 5.91 Å². The zero-order chi connectivity index (χ0) is 15.7. The summed E-state index contributed by atoms with van der Waals surface area (Å²) in [5.74, 6) is -1.23. The van der Waals surface area contributed by atoms with Crippen LogP contribution in [0.4, 0.5) is 0 Å². The fourth-order valence-corrected chi connectivity index (χ4v) is 3.92. The molecule has 1 N–H and O–H groups in total. The molecule has 1 aliphatic heterocycles. The second kappa shape index (κ2) is 5.75. The average molecular weight is 301 g/mol. The minimum atomic E-state index is -0.802. The minimum absolute atomic E-state index is 0.100. The fraction of sp³-hybridized carbons (Fsp3) is 0.556. The first kappa shape index (κ1) is 15.1. The molecule has 2 atom stereocenters. The van der Waals surface area contributed by atoms with E-state index in [4.69, 9.17) is 0 Å². The van der Waals surface area contributed by atoms with Gasteiger partial charge < -0.3 is 10.0 Å². The smallest absolute Gasteiger partial charge is 0.308 e. The molecule has 118 valence electrons. The largest absolute Gasteiger partial charge is 0.481 e. The van der Waals surface area contributed by atoms with E-state index < -0.39 is 11.9 Å². The average Bonchev–Trinajstić information content (AvgIpc) is 2.93. The minimum Gasteiger partial charge on any atom is -0.481 e. The number of likely N-dealkylation sites (tertiary alicyclic amines) is 1. The van der Waals surface area contributed by atoms with Crippen molar-refractivity contribution in [3.8, 4) is 0 Å². The van der Waals surface area contributed by atoms with Gasteiger partial charge >= 0.3 is 5.97 Å².